The van der Waals surface area contributed by atoms with Crippen LogP contribution in [0.15, 0.2) is 18.2 Å². The molecule has 0 aromatic heterocycles. The summed E-state index contributed by atoms with van der Waals surface area (Å²) in [5.41, 5.74) is 0.725. The Morgan fingerprint density at radius 3 is 2.53 bits per heavy atom. The second kappa shape index (κ2) is 4.64. The van der Waals surface area contributed by atoms with E-state index in [1.165, 1.54) is 6.42 Å². The molecule has 1 aromatic carbocycles. The van der Waals surface area contributed by atoms with Crippen LogP contribution in [0, 0.1) is 11.8 Å². The minimum absolute atomic E-state index is 0.0283. The molecule has 1 aliphatic carbocycles. The van der Waals surface area contributed by atoms with Gasteiger partial charge in [-0.05, 0) is 30.4 Å². The molecule has 1 N–H and O–H groups in total. The Kier molecular flexibility index (Phi) is 2.97. The molecule has 5 nitrogen and oxygen atoms in total. The van der Waals surface area contributed by atoms with E-state index in [9.17, 15) is 4.79 Å². The summed E-state index contributed by atoms with van der Waals surface area (Å²) in [6, 6.07) is 5.35. The lowest BCUT2D eigenvalue weighted by Gasteiger charge is -2.19. The predicted molar refractivity (Wildman–Crippen MR) is 71.7 cm³/mol. The highest BCUT2D eigenvalue weighted by Crippen LogP contribution is 2.45. The van der Waals surface area contributed by atoms with Crippen LogP contribution < -0.4 is 14.8 Å². The van der Waals surface area contributed by atoms with Gasteiger partial charge in [0.25, 0.3) is 0 Å². The van der Waals surface area contributed by atoms with E-state index in [0.29, 0.717) is 11.5 Å². The highest BCUT2D eigenvalue weighted by Gasteiger charge is 2.46. The number of rotatable bonds is 3. The Labute approximate surface area is 112 Å². The fraction of sp³-hybridized carbons (Fsp3) is 0.500. The van der Waals surface area contributed by atoms with E-state index in [-0.39, 0.29) is 6.03 Å². The van der Waals surface area contributed by atoms with Gasteiger partial charge in [0.15, 0.2) is 11.5 Å². The van der Waals surface area contributed by atoms with E-state index in [4.69, 9.17) is 9.47 Å². The van der Waals surface area contributed by atoms with Gasteiger partial charge in [-0.2, -0.15) is 0 Å². The number of benzene rings is 1. The van der Waals surface area contributed by atoms with Crippen molar-refractivity contribution in [1.82, 2.24) is 4.90 Å². The van der Waals surface area contributed by atoms with Crippen molar-refractivity contribution in [2.75, 3.05) is 32.6 Å². The molecule has 1 saturated heterocycles. The monoisotopic (exact) mass is 262 g/mol. The second-order valence-electron chi connectivity index (χ2n) is 5.16. The molecule has 2 unspecified atom stereocenters. The molecule has 0 radical (unpaired) electrons. The van der Waals surface area contributed by atoms with E-state index in [2.05, 4.69) is 5.32 Å². The van der Waals surface area contributed by atoms with Crippen LogP contribution in [0.25, 0.3) is 0 Å². The van der Waals surface area contributed by atoms with Crippen molar-refractivity contribution >= 4 is 11.7 Å². The summed E-state index contributed by atoms with van der Waals surface area (Å²) in [5.74, 6) is 2.76. The zero-order chi connectivity index (χ0) is 13.4. The fourth-order valence-electron chi connectivity index (χ4n) is 2.68. The largest absolute Gasteiger partial charge is 0.493 e. The van der Waals surface area contributed by atoms with Gasteiger partial charge in [-0.15, -0.1) is 0 Å². The zero-order valence-corrected chi connectivity index (χ0v) is 11.2. The number of hydrogen-bond acceptors (Lipinski definition) is 3. The molecule has 1 aromatic rings. The lowest BCUT2D eigenvalue weighted by Crippen LogP contribution is -2.34. The Balaban J connectivity index is 1.67. The summed E-state index contributed by atoms with van der Waals surface area (Å²) >= 11 is 0. The van der Waals surface area contributed by atoms with E-state index >= 15 is 0 Å². The van der Waals surface area contributed by atoms with Gasteiger partial charge in [-0.3, -0.25) is 0 Å². The number of nitrogens with zero attached hydrogens (tertiary/aromatic N) is 1. The van der Waals surface area contributed by atoms with Crippen LogP contribution >= 0.6 is 0 Å². The number of piperidine rings is 1. The molecular formula is C14H18N2O3. The summed E-state index contributed by atoms with van der Waals surface area (Å²) in [5, 5.41) is 2.90. The lowest BCUT2D eigenvalue weighted by molar-refractivity contribution is 0.217. The summed E-state index contributed by atoms with van der Waals surface area (Å²) < 4.78 is 10.4. The van der Waals surface area contributed by atoms with Crippen molar-refractivity contribution in [2.45, 2.75) is 6.42 Å². The molecule has 2 aliphatic rings. The molecule has 19 heavy (non-hydrogen) atoms. The van der Waals surface area contributed by atoms with Crippen molar-refractivity contribution < 1.29 is 14.3 Å². The van der Waals surface area contributed by atoms with Gasteiger partial charge in [0, 0.05) is 24.8 Å². The Morgan fingerprint density at radius 1 is 1.21 bits per heavy atom. The van der Waals surface area contributed by atoms with E-state index in [1.54, 1.807) is 26.4 Å². The minimum Gasteiger partial charge on any atom is -0.493 e. The molecule has 0 bridgehead atoms. The van der Waals surface area contributed by atoms with Crippen molar-refractivity contribution in [3.63, 3.8) is 0 Å². The highest BCUT2D eigenvalue weighted by molar-refractivity contribution is 5.90. The van der Waals surface area contributed by atoms with E-state index < -0.39 is 0 Å². The van der Waals surface area contributed by atoms with Crippen molar-refractivity contribution in [3.05, 3.63) is 18.2 Å². The molecule has 0 spiro atoms. The van der Waals surface area contributed by atoms with E-state index in [0.717, 1.165) is 30.6 Å². The SMILES string of the molecule is COc1ccc(NC(=O)N2CC3CC3C2)cc1OC. The standard InChI is InChI=1S/C14H18N2O3/c1-18-12-4-3-11(6-13(12)19-2)15-14(17)16-7-9-5-10(9)8-16/h3-4,6,9-10H,5,7-8H2,1-2H3,(H,15,17). The molecule has 2 atom stereocenters. The molecule has 3 rings (SSSR count). The van der Waals surface area contributed by atoms with Crippen LogP contribution in [0.4, 0.5) is 10.5 Å². The van der Waals surface area contributed by atoms with Gasteiger partial charge >= 0.3 is 6.03 Å². The lowest BCUT2D eigenvalue weighted by atomic mass is 10.2. The molecule has 102 valence electrons. The van der Waals surface area contributed by atoms with Gasteiger partial charge in [-0.25, -0.2) is 4.79 Å². The Hall–Kier alpha value is -1.91. The Morgan fingerprint density at radius 2 is 1.89 bits per heavy atom. The zero-order valence-electron chi connectivity index (χ0n) is 11.2. The van der Waals surface area contributed by atoms with Crippen molar-refractivity contribution in [2.24, 2.45) is 11.8 Å². The van der Waals surface area contributed by atoms with Crippen LogP contribution in [0.1, 0.15) is 6.42 Å². The summed E-state index contributed by atoms with van der Waals surface area (Å²) in [4.78, 5) is 14.0. The molecule has 5 heteroatoms. The maximum Gasteiger partial charge on any atom is 0.321 e. The van der Waals surface area contributed by atoms with E-state index in [1.807, 2.05) is 11.0 Å². The smallest absolute Gasteiger partial charge is 0.321 e. The number of methoxy groups -OCH3 is 2. The predicted octanol–water partition coefficient (Wildman–Crippen LogP) is 2.19. The van der Waals surface area contributed by atoms with Crippen LogP contribution in [0.5, 0.6) is 11.5 Å². The van der Waals surface area contributed by atoms with Gasteiger partial charge < -0.3 is 19.7 Å². The van der Waals surface area contributed by atoms with Crippen LogP contribution in [0.3, 0.4) is 0 Å². The number of fused-ring (bicyclic) bond motifs is 1. The summed E-state index contributed by atoms with van der Waals surface area (Å²) in [6.45, 7) is 1.79. The first-order chi connectivity index (χ1) is 9.21. The Bertz CT molecular complexity index is 493. The van der Waals surface area contributed by atoms with Crippen LogP contribution in [0.2, 0.25) is 0 Å². The molecule has 1 aliphatic heterocycles. The van der Waals surface area contributed by atoms with Crippen LogP contribution in [-0.2, 0) is 0 Å². The molecule has 1 saturated carbocycles. The van der Waals surface area contributed by atoms with Crippen molar-refractivity contribution in [1.29, 1.82) is 0 Å². The summed E-state index contributed by atoms with van der Waals surface area (Å²) in [6.07, 6.45) is 1.29. The number of ether oxygens (including phenoxy) is 2. The highest BCUT2D eigenvalue weighted by atomic mass is 16.5. The quantitative estimate of drug-likeness (QED) is 0.908. The first-order valence-corrected chi connectivity index (χ1v) is 6.49. The average Bonchev–Trinajstić information content (AvgIpc) is 3.04. The third-order valence-electron chi connectivity index (χ3n) is 3.90. The second-order valence-corrected chi connectivity index (χ2v) is 5.16. The molecular weight excluding hydrogens is 244 g/mol. The molecule has 1 heterocycles. The maximum atomic E-state index is 12.1. The number of amides is 2. The van der Waals surface area contributed by atoms with Gasteiger partial charge in [0.1, 0.15) is 0 Å². The topological polar surface area (TPSA) is 50.8 Å². The maximum absolute atomic E-state index is 12.1. The number of carbonyl (C=O) groups excluding carboxylic acids is 1. The molecule has 2 amide bonds. The third-order valence-corrected chi connectivity index (χ3v) is 3.90. The number of carbonyl (C=O) groups is 1. The van der Waals surface area contributed by atoms with Gasteiger partial charge in [0.2, 0.25) is 0 Å². The number of likely N-dealkylation sites (tertiary alicyclic amines) is 1. The molecule has 2 fully saturated rings. The summed E-state index contributed by atoms with van der Waals surface area (Å²) in [7, 11) is 3.17. The minimum atomic E-state index is -0.0283. The number of nitrogens with one attached hydrogen (secondary N) is 1. The van der Waals surface area contributed by atoms with Crippen LogP contribution in [-0.4, -0.2) is 38.2 Å². The number of hydrogen-bond donors (Lipinski definition) is 1. The van der Waals surface area contributed by atoms with Gasteiger partial charge in [-0.1, -0.05) is 0 Å². The fourth-order valence-corrected chi connectivity index (χ4v) is 2.68. The third kappa shape index (κ3) is 2.32. The first-order valence-electron chi connectivity index (χ1n) is 6.49. The van der Waals surface area contributed by atoms with Crippen molar-refractivity contribution in [3.8, 4) is 11.5 Å². The first kappa shape index (κ1) is 12.1. The normalized spacial score (nSPS) is 23.8. The number of anilines is 1. The number of urea groups is 1. The van der Waals surface area contributed by atoms with Gasteiger partial charge in [0.05, 0.1) is 14.2 Å². The average molecular weight is 262 g/mol.